The van der Waals surface area contributed by atoms with Gasteiger partial charge in [0.25, 0.3) is 0 Å². The molecule has 1 spiro atoms. The van der Waals surface area contributed by atoms with Crippen LogP contribution in [0.15, 0.2) is 0 Å². The van der Waals surface area contributed by atoms with Crippen molar-refractivity contribution in [3.63, 3.8) is 0 Å². The Hall–Kier alpha value is -0.160. The number of likely N-dealkylation sites (tertiary alicyclic amines) is 2. The molecule has 3 fully saturated rings. The van der Waals surface area contributed by atoms with Crippen LogP contribution in [-0.2, 0) is 0 Å². The van der Waals surface area contributed by atoms with Gasteiger partial charge >= 0.3 is 0 Å². The van der Waals surface area contributed by atoms with Crippen LogP contribution in [0.25, 0.3) is 0 Å². The van der Waals surface area contributed by atoms with Gasteiger partial charge in [-0.25, -0.2) is 0 Å². The molecule has 2 saturated heterocycles. The molecule has 4 nitrogen and oxygen atoms in total. The van der Waals surface area contributed by atoms with Gasteiger partial charge in [0.05, 0.1) is 11.3 Å². The first-order chi connectivity index (χ1) is 10.4. The van der Waals surface area contributed by atoms with Crippen molar-refractivity contribution in [2.24, 2.45) is 5.92 Å². The molecule has 4 heteroatoms. The van der Waals surface area contributed by atoms with Gasteiger partial charge in [-0.05, 0) is 73.9 Å². The Morgan fingerprint density at radius 2 is 1.55 bits per heavy atom. The molecule has 0 aromatic carbocycles. The number of rotatable bonds is 4. The zero-order chi connectivity index (χ0) is 16.0. The third-order valence-electron chi connectivity index (χ3n) is 7.27. The van der Waals surface area contributed by atoms with Crippen LogP contribution in [0.1, 0.15) is 44.9 Å². The zero-order valence-corrected chi connectivity index (χ0v) is 15.4. The average Bonchev–Trinajstić information content (AvgIpc) is 3.16. The quantitative estimate of drug-likeness (QED) is 0.738. The molecule has 128 valence electrons. The Kier molecular flexibility index (Phi) is 4.59. The topological polar surface area (TPSA) is 13.0 Å². The smallest absolute Gasteiger partial charge is 0.0775 e. The van der Waals surface area contributed by atoms with E-state index < -0.39 is 0 Å². The van der Waals surface area contributed by atoms with Gasteiger partial charge in [0, 0.05) is 19.0 Å². The maximum absolute atomic E-state index is 2.71. The molecule has 0 radical (unpaired) electrons. The Labute approximate surface area is 137 Å². The lowest BCUT2D eigenvalue weighted by molar-refractivity contribution is -0.0532. The molecule has 1 saturated carbocycles. The lowest BCUT2D eigenvalue weighted by Crippen LogP contribution is -2.60. The van der Waals surface area contributed by atoms with Crippen molar-refractivity contribution in [3.8, 4) is 0 Å². The monoisotopic (exact) mass is 308 g/mol. The first kappa shape index (κ1) is 16.7. The third kappa shape index (κ3) is 2.34. The lowest BCUT2D eigenvalue weighted by atomic mass is 9.89. The van der Waals surface area contributed by atoms with Gasteiger partial charge in [0.2, 0.25) is 0 Å². The molecule has 2 aliphatic heterocycles. The molecule has 0 bridgehead atoms. The molecule has 2 atom stereocenters. The maximum Gasteiger partial charge on any atom is 0.0775 e. The van der Waals surface area contributed by atoms with Crippen LogP contribution in [0.2, 0.25) is 0 Å². The maximum atomic E-state index is 2.71. The second kappa shape index (κ2) is 6.04. The second-order valence-electron chi connectivity index (χ2n) is 8.28. The summed E-state index contributed by atoms with van der Waals surface area (Å²) in [6, 6.07) is 0. The highest BCUT2D eigenvalue weighted by Gasteiger charge is 2.53. The summed E-state index contributed by atoms with van der Waals surface area (Å²) >= 11 is 0. The fraction of sp³-hybridized carbons (Fsp3) is 1.00. The standard InChI is InChI=1S/C18H36N4/c1-19(2)17(10-6-7-11-17)22(5)15-16-9-14-21(4)18(16)12-8-13-20(18)3/h16H,6-15H2,1-5H3. The van der Waals surface area contributed by atoms with Crippen molar-refractivity contribution in [2.75, 3.05) is 54.9 Å². The minimum Gasteiger partial charge on any atom is -0.291 e. The van der Waals surface area contributed by atoms with Crippen molar-refractivity contribution in [2.45, 2.75) is 56.3 Å². The number of hydrogen-bond donors (Lipinski definition) is 0. The molecule has 0 amide bonds. The first-order valence-corrected chi connectivity index (χ1v) is 9.25. The van der Waals surface area contributed by atoms with Crippen LogP contribution in [0.3, 0.4) is 0 Å². The SMILES string of the molecule is CN(C)C1(N(C)CC2CCN(C)C23CCCN3C)CCCC1. The Morgan fingerprint density at radius 1 is 0.909 bits per heavy atom. The van der Waals surface area contributed by atoms with Gasteiger partial charge in [-0.1, -0.05) is 12.8 Å². The molecular weight excluding hydrogens is 272 g/mol. The van der Waals surface area contributed by atoms with E-state index >= 15 is 0 Å². The summed E-state index contributed by atoms with van der Waals surface area (Å²) in [7, 11) is 11.6. The predicted molar refractivity (Wildman–Crippen MR) is 92.8 cm³/mol. The van der Waals surface area contributed by atoms with Gasteiger partial charge in [-0.2, -0.15) is 0 Å². The summed E-state index contributed by atoms with van der Waals surface area (Å²) in [5, 5.41) is 0. The van der Waals surface area contributed by atoms with E-state index in [1.807, 2.05) is 0 Å². The highest BCUT2D eigenvalue weighted by molar-refractivity contribution is 5.04. The van der Waals surface area contributed by atoms with Crippen molar-refractivity contribution < 1.29 is 0 Å². The summed E-state index contributed by atoms with van der Waals surface area (Å²) in [5.74, 6) is 0.785. The van der Waals surface area contributed by atoms with Crippen LogP contribution in [0, 0.1) is 5.92 Å². The minimum absolute atomic E-state index is 0.305. The van der Waals surface area contributed by atoms with Gasteiger partial charge in [0.15, 0.2) is 0 Å². The first-order valence-electron chi connectivity index (χ1n) is 9.25. The van der Waals surface area contributed by atoms with Crippen LogP contribution in [0.4, 0.5) is 0 Å². The minimum atomic E-state index is 0.305. The molecule has 3 rings (SSSR count). The van der Waals surface area contributed by atoms with E-state index in [0.717, 1.165) is 5.92 Å². The highest BCUT2D eigenvalue weighted by atomic mass is 15.4. The van der Waals surface area contributed by atoms with E-state index in [1.54, 1.807) is 0 Å². The molecule has 0 aromatic heterocycles. The second-order valence-corrected chi connectivity index (χ2v) is 8.28. The Morgan fingerprint density at radius 3 is 2.09 bits per heavy atom. The van der Waals surface area contributed by atoms with Crippen LogP contribution < -0.4 is 0 Å². The number of hydrogen-bond acceptors (Lipinski definition) is 4. The molecule has 22 heavy (non-hydrogen) atoms. The fourth-order valence-corrected chi connectivity index (χ4v) is 5.89. The summed E-state index contributed by atoms with van der Waals surface area (Å²) < 4.78 is 0. The summed E-state index contributed by atoms with van der Waals surface area (Å²) in [6.45, 7) is 3.77. The van der Waals surface area contributed by atoms with Crippen molar-refractivity contribution >= 4 is 0 Å². The molecule has 2 unspecified atom stereocenters. The van der Waals surface area contributed by atoms with Gasteiger partial charge < -0.3 is 0 Å². The van der Waals surface area contributed by atoms with Crippen LogP contribution in [-0.4, -0.2) is 85.8 Å². The normalized spacial score (nSPS) is 36.4. The van der Waals surface area contributed by atoms with E-state index in [4.69, 9.17) is 0 Å². The molecule has 1 aliphatic carbocycles. The number of nitrogens with zero attached hydrogens (tertiary/aromatic N) is 4. The highest BCUT2D eigenvalue weighted by Crippen LogP contribution is 2.45. The van der Waals surface area contributed by atoms with E-state index in [-0.39, 0.29) is 0 Å². The lowest BCUT2D eigenvalue weighted by Gasteiger charge is -2.49. The van der Waals surface area contributed by atoms with Crippen LogP contribution >= 0.6 is 0 Å². The summed E-state index contributed by atoms with van der Waals surface area (Å²) in [4.78, 5) is 10.5. The molecule has 2 heterocycles. The van der Waals surface area contributed by atoms with Crippen molar-refractivity contribution in [3.05, 3.63) is 0 Å². The van der Waals surface area contributed by atoms with E-state index in [9.17, 15) is 0 Å². The molecule has 0 aromatic rings. The summed E-state index contributed by atoms with van der Waals surface area (Å²) in [5.41, 5.74) is 0.639. The molecule has 3 aliphatic rings. The van der Waals surface area contributed by atoms with Crippen molar-refractivity contribution in [1.82, 2.24) is 19.6 Å². The van der Waals surface area contributed by atoms with Gasteiger partial charge in [0.1, 0.15) is 0 Å². The summed E-state index contributed by atoms with van der Waals surface area (Å²) in [6.07, 6.45) is 9.52. The van der Waals surface area contributed by atoms with Gasteiger partial charge in [-0.15, -0.1) is 0 Å². The molecule has 0 N–H and O–H groups in total. The fourth-order valence-electron chi connectivity index (χ4n) is 5.89. The van der Waals surface area contributed by atoms with Crippen LogP contribution in [0.5, 0.6) is 0 Å². The third-order valence-corrected chi connectivity index (χ3v) is 7.27. The average molecular weight is 309 g/mol. The predicted octanol–water partition coefficient (Wildman–Crippen LogP) is 2.12. The largest absolute Gasteiger partial charge is 0.291 e. The van der Waals surface area contributed by atoms with E-state index in [0.29, 0.717) is 11.3 Å². The van der Waals surface area contributed by atoms with E-state index in [1.165, 1.54) is 64.6 Å². The van der Waals surface area contributed by atoms with Gasteiger partial charge in [-0.3, -0.25) is 19.6 Å². The Balaban J connectivity index is 1.77. The van der Waals surface area contributed by atoms with Crippen molar-refractivity contribution in [1.29, 1.82) is 0 Å². The van der Waals surface area contributed by atoms with E-state index in [2.05, 4.69) is 54.8 Å². The molecular formula is C18H36N4. The zero-order valence-electron chi connectivity index (χ0n) is 15.4. The Bertz CT molecular complexity index is 385.